The van der Waals surface area contributed by atoms with Crippen LogP contribution in [-0.2, 0) is 35.0 Å². The molecule has 0 aliphatic heterocycles. The number of carbonyl (C=O) groups excluding carboxylic acids is 4. The van der Waals surface area contributed by atoms with E-state index in [1.807, 2.05) is 13.8 Å². The van der Waals surface area contributed by atoms with Crippen molar-refractivity contribution >= 4 is 24.1 Å². The van der Waals surface area contributed by atoms with Gasteiger partial charge in [-0.15, -0.1) is 0 Å². The number of carbonyl (C=O) groups is 4. The third-order valence-corrected chi connectivity index (χ3v) is 4.79. The Morgan fingerprint density at radius 3 is 1.97 bits per heavy atom. The molecule has 1 aromatic carbocycles. The van der Waals surface area contributed by atoms with Crippen LogP contribution in [0.3, 0.4) is 0 Å². The molecule has 0 aliphatic rings. The molecule has 196 valence electrons. The molecule has 0 saturated carbocycles. The first-order valence-corrected chi connectivity index (χ1v) is 11.5. The molecule has 0 bridgehead atoms. The fourth-order valence-corrected chi connectivity index (χ4v) is 2.70. The van der Waals surface area contributed by atoms with E-state index in [2.05, 4.69) is 0 Å². The van der Waals surface area contributed by atoms with Gasteiger partial charge in [0.05, 0.1) is 32.2 Å². The molecule has 10 heteroatoms. The molecule has 0 aliphatic carbocycles. The van der Waals surface area contributed by atoms with Crippen LogP contribution in [0.5, 0.6) is 11.5 Å². The van der Waals surface area contributed by atoms with Gasteiger partial charge in [0.2, 0.25) is 0 Å². The third kappa shape index (κ3) is 9.94. The Hall–Kier alpha value is -3.14. The van der Waals surface area contributed by atoms with Crippen LogP contribution in [-0.4, -0.2) is 49.9 Å². The average Bonchev–Trinajstić information content (AvgIpc) is 2.78. The summed E-state index contributed by atoms with van der Waals surface area (Å²) in [5.41, 5.74) is 5.31. The fraction of sp³-hybridized carbons (Fsp3) is 0.600. The number of ether oxygens (including phenoxy) is 5. The molecule has 0 fully saturated rings. The number of methoxy groups -OCH3 is 1. The van der Waals surface area contributed by atoms with E-state index in [4.69, 9.17) is 29.4 Å². The molecule has 0 saturated heterocycles. The SMILES string of the molecule is COC(=O)C(N)(CCOC(=O)OCC(C)C)Cc1ccc(OC(=O)C(C)C)c(OC(=O)C(C)C)c1. The van der Waals surface area contributed by atoms with E-state index in [1.165, 1.54) is 19.2 Å². The second-order valence-electron chi connectivity index (χ2n) is 9.31. The van der Waals surface area contributed by atoms with Crippen LogP contribution < -0.4 is 15.2 Å². The minimum Gasteiger partial charge on any atom is -0.468 e. The summed E-state index contributed by atoms with van der Waals surface area (Å²) >= 11 is 0. The number of rotatable bonds is 12. The highest BCUT2D eigenvalue weighted by Crippen LogP contribution is 2.31. The van der Waals surface area contributed by atoms with Crippen molar-refractivity contribution in [3.05, 3.63) is 23.8 Å². The monoisotopic (exact) mass is 495 g/mol. The molecular weight excluding hydrogens is 458 g/mol. The van der Waals surface area contributed by atoms with Crippen molar-refractivity contribution in [2.75, 3.05) is 20.3 Å². The summed E-state index contributed by atoms with van der Waals surface area (Å²) in [4.78, 5) is 48.5. The van der Waals surface area contributed by atoms with Gasteiger partial charge in [-0.2, -0.15) is 0 Å². The first kappa shape index (κ1) is 29.9. The second kappa shape index (κ2) is 13.7. The van der Waals surface area contributed by atoms with Crippen molar-refractivity contribution in [3.8, 4) is 11.5 Å². The Balaban J connectivity index is 3.11. The minimum absolute atomic E-state index is 0.0240. The van der Waals surface area contributed by atoms with Crippen molar-refractivity contribution in [1.82, 2.24) is 0 Å². The molecule has 0 heterocycles. The van der Waals surface area contributed by atoms with Crippen molar-refractivity contribution < 1.29 is 42.9 Å². The van der Waals surface area contributed by atoms with Crippen LogP contribution in [0.15, 0.2) is 18.2 Å². The Labute approximate surface area is 206 Å². The summed E-state index contributed by atoms with van der Waals surface area (Å²) in [5.74, 6) is -2.32. The zero-order chi connectivity index (χ0) is 26.8. The van der Waals surface area contributed by atoms with Crippen LogP contribution in [0, 0.1) is 17.8 Å². The molecular formula is C25H37NO9. The standard InChI is InChI=1S/C25H37NO9/c1-15(2)14-33-24(30)32-11-10-25(26,23(29)31-7)13-18-8-9-19(34-21(27)16(3)4)20(12-18)35-22(28)17(5)6/h8-9,12,15-17H,10-11,13-14,26H2,1-7H3. The van der Waals surface area contributed by atoms with Crippen molar-refractivity contribution in [1.29, 1.82) is 0 Å². The Bertz CT molecular complexity index is 895. The molecule has 0 spiro atoms. The number of hydrogen-bond donors (Lipinski definition) is 1. The highest BCUT2D eigenvalue weighted by Gasteiger charge is 2.36. The largest absolute Gasteiger partial charge is 0.508 e. The summed E-state index contributed by atoms with van der Waals surface area (Å²) in [6.45, 7) is 10.5. The predicted octanol–water partition coefficient (Wildman–Crippen LogP) is 3.42. The normalized spacial score (nSPS) is 12.8. The van der Waals surface area contributed by atoms with Gasteiger partial charge in [0, 0.05) is 12.8 Å². The number of esters is 3. The van der Waals surface area contributed by atoms with Gasteiger partial charge in [-0.25, -0.2) is 4.79 Å². The van der Waals surface area contributed by atoms with Crippen LogP contribution in [0.25, 0.3) is 0 Å². The van der Waals surface area contributed by atoms with Crippen LogP contribution in [0.1, 0.15) is 53.5 Å². The summed E-state index contributed by atoms with van der Waals surface area (Å²) in [6.07, 6.45) is -0.943. The smallest absolute Gasteiger partial charge is 0.468 e. The maximum atomic E-state index is 12.5. The molecule has 1 rings (SSSR count). The summed E-state index contributed by atoms with van der Waals surface area (Å²) in [6, 6.07) is 4.54. The Kier molecular flexibility index (Phi) is 11.7. The van der Waals surface area contributed by atoms with E-state index in [0.29, 0.717) is 5.56 Å². The van der Waals surface area contributed by atoms with E-state index in [1.54, 1.807) is 33.8 Å². The maximum absolute atomic E-state index is 12.5. The first-order valence-electron chi connectivity index (χ1n) is 11.5. The highest BCUT2D eigenvalue weighted by atomic mass is 16.7. The van der Waals surface area contributed by atoms with E-state index in [0.717, 1.165) is 0 Å². The molecule has 1 unspecified atom stereocenters. The highest BCUT2D eigenvalue weighted by molar-refractivity contribution is 5.81. The molecule has 0 aromatic heterocycles. The van der Waals surface area contributed by atoms with E-state index in [9.17, 15) is 19.2 Å². The molecule has 2 N–H and O–H groups in total. The lowest BCUT2D eigenvalue weighted by Gasteiger charge is -2.26. The molecule has 35 heavy (non-hydrogen) atoms. The van der Waals surface area contributed by atoms with Gasteiger partial charge in [-0.3, -0.25) is 14.4 Å². The van der Waals surface area contributed by atoms with Gasteiger partial charge in [-0.1, -0.05) is 47.6 Å². The third-order valence-electron chi connectivity index (χ3n) is 4.79. The number of nitrogens with two attached hydrogens (primary N) is 1. The van der Waals surface area contributed by atoms with E-state index >= 15 is 0 Å². The van der Waals surface area contributed by atoms with E-state index in [-0.39, 0.29) is 43.5 Å². The van der Waals surface area contributed by atoms with Gasteiger partial charge in [0.15, 0.2) is 11.5 Å². The molecule has 0 radical (unpaired) electrons. The van der Waals surface area contributed by atoms with Crippen molar-refractivity contribution in [3.63, 3.8) is 0 Å². The summed E-state index contributed by atoms with van der Waals surface area (Å²) < 4.78 is 25.6. The predicted molar refractivity (Wildman–Crippen MR) is 127 cm³/mol. The Morgan fingerprint density at radius 2 is 1.46 bits per heavy atom. The van der Waals surface area contributed by atoms with Gasteiger partial charge >= 0.3 is 24.1 Å². The van der Waals surface area contributed by atoms with Crippen LogP contribution >= 0.6 is 0 Å². The second-order valence-corrected chi connectivity index (χ2v) is 9.31. The van der Waals surface area contributed by atoms with E-state index < -0.39 is 41.4 Å². The lowest BCUT2D eigenvalue weighted by molar-refractivity contribution is -0.148. The lowest BCUT2D eigenvalue weighted by Crippen LogP contribution is -2.51. The Morgan fingerprint density at radius 1 is 0.886 bits per heavy atom. The van der Waals surface area contributed by atoms with Gasteiger partial charge in [-0.05, 0) is 23.6 Å². The number of hydrogen-bond acceptors (Lipinski definition) is 10. The first-order chi connectivity index (χ1) is 16.3. The van der Waals surface area contributed by atoms with Gasteiger partial charge in [0.25, 0.3) is 0 Å². The number of benzene rings is 1. The zero-order valence-electron chi connectivity index (χ0n) is 21.5. The fourth-order valence-electron chi connectivity index (χ4n) is 2.70. The van der Waals surface area contributed by atoms with Gasteiger partial charge in [0.1, 0.15) is 5.54 Å². The van der Waals surface area contributed by atoms with Gasteiger partial charge < -0.3 is 29.4 Å². The lowest BCUT2D eigenvalue weighted by atomic mass is 9.88. The molecule has 0 amide bonds. The topological polar surface area (TPSA) is 140 Å². The zero-order valence-corrected chi connectivity index (χ0v) is 21.5. The summed E-state index contributed by atoms with van der Waals surface area (Å²) in [5, 5.41) is 0. The van der Waals surface area contributed by atoms with Crippen LogP contribution in [0.2, 0.25) is 0 Å². The molecule has 10 nitrogen and oxygen atoms in total. The molecule has 1 aromatic rings. The van der Waals surface area contributed by atoms with Crippen LogP contribution in [0.4, 0.5) is 4.79 Å². The van der Waals surface area contributed by atoms with Crippen molar-refractivity contribution in [2.45, 2.75) is 59.9 Å². The van der Waals surface area contributed by atoms with Crippen molar-refractivity contribution in [2.24, 2.45) is 23.5 Å². The summed E-state index contributed by atoms with van der Waals surface area (Å²) in [7, 11) is 1.20. The maximum Gasteiger partial charge on any atom is 0.508 e. The quantitative estimate of drug-likeness (QED) is 0.339. The minimum atomic E-state index is -1.55. The molecule has 1 atom stereocenters. The average molecular weight is 496 g/mol.